The van der Waals surface area contributed by atoms with Crippen molar-refractivity contribution >= 4 is 35.1 Å². The number of anilines is 3. The van der Waals surface area contributed by atoms with Gasteiger partial charge in [-0.1, -0.05) is 18.5 Å². The summed E-state index contributed by atoms with van der Waals surface area (Å²) in [5, 5.41) is 3.17. The summed E-state index contributed by atoms with van der Waals surface area (Å²) >= 11 is 1.53. The number of hydrogen-bond donors (Lipinski definition) is 2. The molecule has 0 bridgehead atoms. The summed E-state index contributed by atoms with van der Waals surface area (Å²) in [6, 6.07) is 11.2. The zero-order chi connectivity index (χ0) is 24.4. The van der Waals surface area contributed by atoms with Crippen LogP contribution in [0.25, 0.3) is 5.70 Å². The Morgan fingerprint density at radius 3 is 2.77 bits per heavy atom. The highest BCUT2D eigenvalue weighted by atomic mass is 32.2. The Morgan fingerprint density at radius 1 is 1.17 bits per heavy atom. The predicted molar refractivity (Wildman–Crippen MR) is 141 cm³/mol. The molecule has 5 rings (SSSR count). The van der Waals surface area contributed by atoms with Gasteiger partial charge in [0.15, 0.2) is 0 Å². The van der Waals surface area contributed by atoms with E-state index in [0.717, 1.165) is 60.9 Å². The summed E-state index contributed by atoms with van der Waals surface area (Å²) < 4.78 is 16.4. The molecule has 2 atom stereocenters. The van der Waals surface area contributed by atoms with Gasteiger partial charge in [-0.3, -0.25) is 4.90 Å². The van der Waals surface area contributed by atoms with Gasteiger partial charge < -0.3 is 14.9 Å². The summed E-state index contributed by atoms with van der Waals surface area (Å²) in [7, 11) is 0. The van der Waals surface area contributed by atoms with Crippen LogP contribution in [0.15, 0.2) is 55.4 Å². The van der Waals surface area contributed by atoms with Gasteiger partial charge in [0.05, 0.1) is 5.69 Å². The lowest BCUT2D eigenvalue weighted by Crippen LogP contribution is -2.46. The molecule has 0 amide bonds. The van der Waals surface area contributed by atoms with Crippen LogP contribution >= 0.6 is 11.9 Å². The van der Waals surface area contributed by atoms with Crippen molar-refractivity contribution < 1.29 is 4.39 Å². The Labute approximate surface area is 210 Å². The van der Waals surface area contributed by atoms with Crippen molar-refractivity contribution in [3.05, 3.63) is 78.0 Å². The average molecular weight is 492 g/mol. The molecule has 2 N–H and O–H groups in total. The van der Waals surface area contributed by atoms with Crippen molar-refractivity contribution in [2.75, 3.05) is 22.8 Å². The largest absolute Gasteiger partial charge is 0.369 e. The number of likely N-dealkylation sites (tertiary alicyclic amines) is 1. The third-order valence-corrected chi connectivity index (χ3v) is 7.21. The maximum atomic E-state index is 13.2. The van der Waals surface area contributed by atoms with Crippen LogP contribution < -0.4 is 10.0 Å². The van der Waals surface area contributed by atoms with Gasteiger partial charge in [0.1, 0.15) is 11.6 Å². The number of rotatable bonds is 7. The monoisotopic (exact) mass is 491 g/mol. The third-order valence-electron chi connectivity index (χ3n) is 6.79. The molecule has 4 heterocycles. The van der Waals surface area contributed by atoms with Gasteiger partial charge in [0, 0.05) is 72.9 Å². The van der Waals surface area contributed by atoms with Crippen LogP contribution in [0.4, 0.5) is 21.8 Å². The molecular weight excluding hydrogens is 461 g/mol. The minimum atomic E-state index is -0.261. The van der Waals surface area contributed by atoms with Crippen molar-refractivity contribution in [3.63, 3.8) is 0 Å². The molecule has 0 aliphatic carbocycles. The summed E-state index contributed by atoms with van der Waals surface area (Å²) in [5.41, 5.74) is 5.17. The number of nitrogens with zero attached hydrogens (tertiary/aromatic N) is 5. The van der Waals surface area contributed by atoms with Crippen molar-refractivity contribution in [2.45, 2.75) is 44.9 Å². The van der Waals surface area contributed by atoms with E-state index in [2.05, 4.69) is 49.4 Å². The highest BCUT2D eigenvalue weighted by molar-refractivity contribution is 7.99. The van der Waals surface area contributed by atoms with Crippen molar-refractivity contribution in [1.82, 2.24) is 24.8 Å². The highest BCUT2D eigenvalue weighted by Crippen LogP contribution is 2.33. The summed E-state index contributed by atoms with van der Waals surface area (Å²) in [6.07, 6.45) is 7.88. The van der Waals surface area contributed by atoms with E-state index in [9.17, 15) is 4.39 Å². The van der Waals surface area contributed by atoms with Gasteiger partial charge in [-0.15, -0.1) is 0 Å². The van der Waals surface area contributed by atoms with Crippen molar-refractivity contribution in [2.24, 2.45) is 0 Å². The first kappa shape index (κ1) is 23.6. The second kappa shape index (κ2) is 10.2. The number of piperidine rings is 1. The van der Waals surface area contributed by atoms with Gasteiger partial charge in [-0.05, 0) is 56.2 Å². The number of fused-ring (bicyclic) bond motifs is 1. The summed E-state index contributed by atoms with van der Waals surface area (Å²) in [4.78, 5) is 18.5. The molecule has 1 saturated heterocycles. The fourth-order valence-corrected chi connectivity index (χ4v) is 5.30. The van der Waals surface area contributed by atoms with Gasteiger partial charge in [0.25, 0.3) is 0 Å². The van der Waals surface area contributed by atoms with Crippen molar-refractivity contribution in [3.8, 4) is 0 Å². The molecule has 7 nitrogen and oxygen atoms in total. The lowest BCUT2D eigenvalue weighted by Gasteiger charge is -2.43. The first-order valence-electron chi connectivity index (χ1n) is 11.8. The molecule has 9 heteroatoms. The molecule has 35 heavy (non-hydrogen) atoms. The van der Waals surface area contributed by atoms with E-state index in [-0.39, 0.29) is 5.82 Å². The van der Waals surface area contributed by atoms with Gasteiger partial charge >= 0.3 is 0 Å². The Morgan fingerprint density at radius 2 is 2.00 bits per heavy atom. The smallest absolute Gasteiger partial charge is 0.227 e. The van der Waals surface area contributed by atoms with Crippen molar-refractivity contribution in [1.29, 1.82) is 0 Å². The topological polar surface area (TPSA) is 69.2 Å². The number of aromatic nitrogens is 3. The van der Waals surface area contributed by atoms with Crippen LogP contribution in [0.5, 0.6) is 0 Å². The summed E-state index contributed by atoms with van der Waals surface area (Å²) in [6.45, 7) is 9.35. The molecule has 1 fully saturated rings. The van der Waals surface area contributed by atoms with E-state index in [0.29, 0.717) is 18.0 Å². The molecule has 0 unspecified atom stereocenters. The molecule has 2 aliphatic rings. The lowest BCUT2D eigenvalue weighted by atomic mass is 9.95. The van der Waals surface area contributed by atoms with Crippen LogP contribution in [0.3, 0.4) is 0 Å². The van der Waals surface area contributed by atoms with Crippen LogP contribution in [-0.2, 0) is 13.1 Å². The molecule has 0 saturated carbocycles. The first-order valence-corrected chi connectivity index (χ1v) is 13.0. The first-order chi connectivity index (χ1) is 17.0. The molecule has 0 spiro atoms. The molecular formula is C26H30FN7S. The third kappa shape index (κ3) is 5.26. The minimum absolute atomic E-state index is 0.261. The predicted octanol–water partition coefficient (Wildman–Crippen LogP) is 5.28. The highest BCUT2D eigenvalue weighted by Gasteiger charge is 2.33. The van der Waals surface area contributed by atoms with Gasteiger partial charge in [0.2, 0.25) is 5.95 Å². The van der Waals surface area contributed by atoms with E-state index < -0.39 is 0 Å². The second-order valence-electron chi connectivity index (χ2n) is 9.11. The number of benzene rings is 1. The standard InChI is InChI=1S/C26H30FN7S/c1-17-12-23(9-11-34(17)18(2)19-8-10-28-25(13-19)32-35-3)33-15-20-14-29-26(31-24(20)16-33)30-22-6-4-21(27)5-7-22/h4-8,10,13-14,17,23H,2,9,11-12,15-16H2,1,3H3,(H,28,32)(H,29,30,31)/t17-,23-/m1/s1. The van der Waals surface area contributed by atoms with E-state index in [4.69, 9.17) is 4.98 Å². The van der Waals surface area contributed by atoms with E-state index in [1.807, 2.05) is 24.7 Å². The van der Waals surface area contributed by atoms with E-state index in [1.54, 1.807) is 12.1 Å². The molecule has 2 aliphatic heterocycles. The number of halogens is 1. The molecule has 182 valence electrons. The average Bonchev–Trinajstić information content (AvgIpc) is 3.29. The van der Waals surface area contributed by atoms with Crippen LogP contribution in [-0.4, -0.2) is 49.6 Å². The van der Waals surface area contributed by atoms with E-state index in [1.165, 1.54) is 29.6 Å². The zero-order valence-electron chi connectivity index (χ0n) is 20.0. The van der Waals surface area contributed by atoms with Gasteiger partial charge in [-0.2, -0.15) is 0 Å². The molecule has 2 aromatic heterocycles. The van der Waals surface area contributed by atoms with Crippen LogP contribution in [0.2, 0.25) is 0 Å². The molecule has 1 aromatic carbocycles. The number of hydrogen-bond acceptors (Lipinski definition) is 8. The zero-order valence-corrected chi connectivity index (χ0v) is 20.9. The van der Waals surface area contributed by atoms with Crippen LogP contribution in [0.1, 0.15) is 36.6 Å². The Kier molecular flexibility index (Phi) is 6.88. The number of pyridine rings is 1. The lowest BCUT2D eigenvalue weighted by molar-refractivity contribution is 0.102. The fourth-order valence-electron chi connectivity index (χ4n) is 4.98. The van der Waals surface area contributed by atoms with Gasteiger partial charge in [-0.25, -0.2) is 19.3 Å². The summed E-state index contributed by atoms with van der Waals surface area (Å²) in [5.74, 6) is 1.13. The molecule has 3 aromatic rings. The second-order valence-corrected chi connectivity index (χ2v) is 9.72. The Balaban J connectivity index is 1.20. The maximum Gasteiger partial charge on any atom is 0.227 e. The maximum absolute atomic E-state index is 13.2. The Bertz CT molecular complexity index is 1200. The Hall–Kier alpha value is -3.17. The minimum Gasteiger partial charge on any atom is -0.369 e. The number of nitrogens with one attached hydrogen (secondary N) is 2. The van der Waals surface area contributed by atoms with E-state index >= 15 is 0 Å². The normalized spacial score (nSPS) is 19.9. The SMILES string of the molecule is C=C(c1ccnc(NSC)c1)N1CC[C@@H](N2Cc3cnc(Nc4ccc(F)cc4)nc3C2)C[C@H]1C. The fraction of sp³-hybridized carbons (Fsp3) is 0.346. The van der Waals surface area contributed by atoms with Crippen LogP contribution in [0, 0.1) is 5.82 Å². The quantitative estimate of drug-likeness (QED) is 0.433. The molecule has 0 radical (unpaired) electrons.